The molecule has 1 unspecified atom stereocenters. The standard InChI is InChI=1S/C22H24N2O2/c1-2-21-24-19-13-16(14-6-4-3-5-7-14)12-18(22(19)26-21)17(15-8-9-15)10-11-20(23)25/h3-7,12-13,15,17H,2,8-11H2,1H3,(H2,23,25). The van der Waals surface area contributed by atoms with Gasteiger partial charge >= 0.3 is 0 Å². The Hall–Kier alpha value is -2.62. The Labute approximate surface area is 153 Å². The van der Waals surface area contributed by atoms with E-state index in [9.17, 15) is 4.79 Å². The first-order chi connectivity index (χ1) is 12.7. The van der Waals surface area contributed by atoms with Crippen LogP contribution in [0.3, 0.4) is 0 Å². The van der Waals surface area contributed by atoms with Crippen LogP contribution in [-0.4, -0.2) is 10.9 Å². The zero-order valence-electron chi connectivity index (χ0n) is 15.1. The van der Waals surface area contributed by atoms with Gasteiger partial charge in [-0.25, -0.2) is 4.98 Å². The van der Waals surface area contributed by atoms with Gasteiger partial charge in [0.05, 0.1) is 0 Å². The van der Waals surface area contributed by atoms with Crippen LogP contribution in [-0.2, 0) is 11.2 Å². The molecule has 0 aliphatic heterocycles. The number of oxazole rings is 1. The molecule has 26 heavy (non-hydrogen) atoms. The highest BCUT2D eigenvalue weighted by Gasteiger charge is 2.34. The van der Waals surface area contributed by atoms with Crippen molar-refractivity contribution in [2.75, 3.05) is 0 Å². The van der Waals surface area contributed by atoms with Crippen LogP contribution >= 0.6 is 0 Å². The summed E-state index contributed by atoms with van der Waals surface area (Å²) in [6, 6.07) is 14.7. The van der Waals surface area contributed by atoms with Gasteiger partial charge in [0.15, 0.2) is 11.5 Å². The predicted molar refractivity (Wildman–Crippen MR) is 103 cm³/mol. The number of nitrogens with zero attached hydrogens (tertiary/aromatic N) is 1. The van der Waals surface area contributed by atoms with Crippen LogP contribution in [0.25, 0.3) is 22.2 Å². The van der Waals surface area contributed by atoms with Crippen molar-refractivity contribution in [1.29, 1.82) is 0 Å². The molecule has 4 nitrogen and oxygen atoms in total. The average Bonchev–Trinajstić information content (AvgIpc) is 3.40. The number of rotatable bonds is 7. The van der Waals surface area contributed by atoms with E-state index in [0.29, 0.717) is 18.3 Å². The van der Waals surface area contributed by atoms with Crippen molar-refractivity contribution in [2.45, 2.75) is 44.9 Å². The molecule has 2 N–H and O–H groups in total. The van der Waals surface area contributed by atoms with Crippen molar-refractivity contribution in [3.63, 3.8) is 0 Å². The Kier molecular flexibility index (Phi) is 4.49. The number of hydrogen-bond acceptors (Lipinski definition) is 3. The highest BCUT2D eigenvalue weighted by atomic mass is 16.3. The molecule has 134 valence electrons. The Morgan fingerprint density at radius 1 is 1.23 bits per heavy atom. The Balaban J connectivity index is 1.84. The second kappa shape index (κ2) is 6.94. The molecule has 1 saturated carbocycles. The second-order valence-electron chi connectivity index (χ2n) is 7.19. The molecule has 0 spiro atoms. The third-order valence-electron chi connectivity index (χ3n) is 5.26. The largest absolute Gasteiger partial charge is 0.440 e. The van der Waals surface area contributed by atoms with Gasteiger partial charge in [-0.2, -0.15) is 0 Å². The van der Waals surface area contributed by atoms with Crippen LogP contribution in [0, 0.1) is 5.92 Å². The molecule has 1 aliphatic carbocycles. The van der Waals surface area contributed by atoms with Gasteiger partial charge in [-0.1, -0.05) is 37.3 Å². The molecular weight excluding hydrogens is 324 g/mol. The predicted octanol–water partition coefficient (Wildman–Crippen LogP) is 4.82. The van der Waals surface area contributed by atoms with E-state index >= 15 is 0 Å². The van der Waals surface area contributed by atoms with Crippen LogP contribution in [0.1, 0.15) is 50.0 Å². The summed E-state index contributed by atoms with van der Waals surface area (Å²) < 4.78 is 6.08. The number of fused-ring (bicyclic) bond motifs is 1. The van der Waals surface area contributed by atoms with Gasteiger partial charge in [-0.05, 0) is 54.4 Å². The van der Waals surface area contributed by atoms with Crippen LogP contribution < -0.4 is 5.73 Å². The average molecular weight is 348 g/mol. The lowest BCUT2D eigenvalue weighted by Gasteiger charge is -2.17. The number of hydrogen-bond donors (Lipinski definition) is 1. The summed E-state index contributed by atoms with van der Waals surface area (Å²) in [4.78, 5) is 16.0. The quantitative estimate of drug-likeness (QED) is 0.666. The van der Waals surface area contributed by atoms with Gasteiger partial charge in [-0.15, -0.1) is 0 Å². The first-order valence-electron chi connectivity index (χ1n) is 9.42. The van der Waals surface area contributed by atoms with Crippen molar-refractivity contribution in [2.24, 2.45) is 11.7 Å². The van der Waals surface area contributed by atoms with Gasteiger partial charge in [0.1, 0.15) is 5.52 Å². The highest BCUT2D eigenvalue weighted by molar-refractivity contribution is 5.84. The molecule has 4 rings (SSSR count). The summed E-state index contributed by atoms with van der Waals surface area (Å²) >= 11 is 0. The van der Waals surface area contributed by atoms with Crippen molar-refractivity contribution >= 4 is 17.0 Å². The molecule has 1 atom stereocenters. The summed E-state index contributed by atoms with van der Waals surface area (Å²) in [5.74, 6) is 1.43. The van der Waals surface area contributed by atoms with Gasteiger partial charge in [0.25, 0.3) is 0 Å². The number of carbonyl (C=O) groups is 1. The molecule has 0 radical (unpaired) electrons. The van der Waals surface area contributed by atoms with E-state index in [4.69, 9.17) is 10.2 Å². The Bertz CT molecular complexity index is 926. The molecule has 4 heteroatoms. The third-order valence-corrected chi connectivity index (χ3v) is 5.26. The molecule has 1 fully saturated rings. The van der Waals surface area contributed by atoms with Crippen molar-refractivity contribution in [3.05, 3.63) is 53.9 Å². The normalized spacial score (nSPS) is 15.3. The molecule has 2 aromatic carbocycles. The summed E-state index contributed by atoms with van der Waals surface area (Å²) in [7, 11) is 0. The number of nitrogens with two attached hydrogens (primary N) is 1. The summed E-state index contributed by atoms with van der Waals surface area (Å²) in [5.41, 5.74) is 10.7. The molecule has 1 amide bonds. The minimum absolute atomic E-state index is 0.238. The van der Waals surface area contributed by atoms with E-state index in [0.717, 1.165) is 35.4 Å². The lowest BCUT2D eigenvalue weighted by Crippen LogP contribution is -2.13. The number of aromatic nitrogens is 1. The van der Waals surface area contributed by atoms with E-state index in [2.05, 4.69) is 29.2 Å². The first kappa shape index (κ1) is 16.8. The Morgan fingerprint density at radius 3 is 2.65 bits per heavy atom. The maximum atomic E-state index is 11.4. The summed E-state index contributed by atoms with van der Waals surface area (Å²) in [6.45, 7) is 2.05. The lowest BCUT2D eigenvalue weighted by molar-refractivity contribution is -0.118. The van der Waals surface area contributed by atoms with Gasteiger partial charge in [-0.3, -0.25) is 4.79 Å². The summed E-state index contributed by atoms with van der Waals surface area (Å²) in [6.07, 6.45) is 4.36. The fraction of sp³-hybridized carbons (Fsp3) is 0.364. The minimum atomic E-state index is -0.238. The molecule has 3 aromatic rings. The SMILES string of the molecule is CCc1nc2cc(-c3ccccc3)cc(C(CCC(N)=O)C3CC3)c2o1. The van der Waals surface area contributed by atoms with Crippen LogP contribution in [0.4, 0.5) is 0 Å². The monoisotopic (exact) mass is 348 g/mol. The van der Waals surface area contributed by atoms with E-state index in [1.54, 1.807) is 0 Å². The zero-order chi connectivity index (χ0) is 18.1. The number of benzene rings is 2. The second-order valence-corrected chi connectivity index (χ2v) is 7.19. The molecule has 1 aromatic heterocycles. The van der Waals surface area contributed by atoms with E-state index in [-0.39, 0.29) is 5.91 Å². The van der Waals surface area contributed by atoms with Crippen LogP contribution in [0.2, 0.25) is 0 Å². The fourth-order valence-electron chi connectivity index (χ4n) is 3.77. The topological polar surface area (TPSA) is 69.1 Å². The van der Waals surface area contributed by atoms with Gasteiger partial charge in [0, 0.05) is 18.4 Å². The maximum Gasteiger partial charge on any atom is 0.217 e. The van der Waals surface area contributed by atoms with E-state index in [1.165, 1.54) is 24.0 Å². The van der Waals surface area contributed by atoms with Crippen molar-refractivity contribution in [1.82, 2.24) is 4.98 Å². The number of amides is 1. The third kappa shape index (κ3) is 3.36. The highest BCUT2D eigenvalue weighted by Crippen LogP contribution is 2.47. The molecule has 1 aliphatic rings. The number of carbonyl (C=O) groups excluding carboxylic acids is 1. The Morgan fingerprint density at radius 2 is 2.00 bits per heavy atom. The zero-order valence-corrected chi connectivity index (χ0v) is 15.1. The van der Waals surface area contributed by atoms with Crippen LogP contribution in [0.5, 0.6) is 0 Å². The summed E-state index contributed by atoms with van der Waals surface area (Å²) in [5, 5.41) is 0. The van der Waals surface area contributed by atoms with E-state index < -0.39 is 0 Å². The molecule has 0 bridgehead atoms. The van der Waals surface area contributed by atoms with Crippen molar-refractivity contribution in [3.8, 4) is 11.1 Å². The molecular formula is C22H24N2O2. The lowest BCUT2D eigenvalue weighted by atomic mass is 9.87. The molecule has 1 heterocycles. The fourth-order valence-corrected chi connectivity index (χ4v) is 3.77. The van der Waals surface area contributed by atoms with E-state index in [1.807, 2.05) is 25.1 Å². The minimum Gasteiger partial charge on any atom is -0.440 e. The smallest absolute Gasteiger partial charge is 0.217 e. The number of primary amides is 1. The van der Waals surface area contributed by atoms with Gasteiger partial charge < -0.3 is 10.2 Å². The maximum absolute atomic E-state index is 11.4. The first-order valence-corrected chi connectivity index (χ1v) is 9.42. The number of aryl methyl sites for hydroxylation is 1. The molecule has 0 saturated heterocycles. The van der Waals surface area contributed by atoms with Crippen molar-refractivity contribution < 1.29 is 9.21 Å². The van der Waals surface area contributed by atoms with Gasteiger partial charge in [0.2, 0.25) is 5.91 Å². The van der Waals surface area contributed by atoms with Crippen LogP contribution in [0.15, 0.2) is 46.9 Å².